The minimum Gasteiger partial charge on any atom is -0.480 e. The number of carboxylic acid groups (broad SMARTS) is 1. The van der Waals surface area contributed by atoms with Crippen molar-refractivity contribution in [1.82, 2.24) is 5.32 Å². The standard InChI is InChI=1S/C9H17NO5/c1-3-14-4-5-15-6-8(9(12)13)10-7(2)11/h8H,3-6H2,1-2H3,(H,10,11)(H,12,13). The Kier molecular flexibility index (Phi) is 7.57. The summed E-state index contributed by atoms with van der Waals surface area (Å²) < 4.78 is 10.0. The molecule has 6 nitrogen and oxygen atoms in total. The molecule has 0 rings (SSSR count). The maximum Gasteiger partial charge on any atom is 0.328 e. The Balaban J connectivity index is 3.67. The molecule has 0 aromatic heterocycles. The third-order valence-corrected chi connectivity index (χ3v) is 1.54. The van der Waals surface area contributed by atoms with Crippen LogP contribution >= 0.6 is 0 Å². The molecule has 0 aliphatic heterocycles. The maximum atomic E-state index is 10.6. The number of hydrogen-bond acceptors (Lipinski definition) is 4. The van der Waals surface area contributed by atoms with E-state index in [1.807, 2.05) is 6.92 Å². The van der Waals surface area contributed by atoms with E-state index < -0.39 is 17.9 Å². The molecule has 0 aliphatic carbocycles. The van der Waals surface area contributed by atoms with Crippen LogP contribution in [0.5, 0.6) is 0 Å². The van der Waals surface area contributed by atoms with Crippen molar-refractivity contribution < 1.29 is 24.2 Å². The summed E-state index contributed by atoms with van der Waals surface area (Å²) in [5.74, 6) is -1.50. The van der Waals surface area contributed by atoms with Crippen molar-refractivity contribution in [3.63, 3.8) is 0 Å². The maximum absolute atomic E-state index is 10.6. The zero-order valence-corrected chi connectivity index (χ0v) is 8.99. The number of hydrogen-bond donors (Lipinski definition) is 2. The molecule has 0 radical (unpaired) electrons. The summed E-state index contributed by atoms with van der Waals surface area (Å²) in [6, 6.07) is -0.996. The summed E-state index contributed by atoms with van der Waals surface area (Å²) in [7, 11) is 0. The highest BCUT2D eigenvalue weighted by atomic mass is 16.5. The van der Waals surface area contributed by atoms with E-state index in [-0.39, 0.29) is 6.61 Å². The Labute approximate surface area is 88.6 Å². The molecule has 6 heteroatoms. The van der Waals surface area contributed by atoms with E-state index in [0.717, 1.165) is 0 Å². The fourth-order valence-electron chi connectivity index (χ4n) is 0.883. The molecule has 0 fully saturated rings. The second-order valence-electron chi connectivity index (χ2n) is 2.86. The SMILES string of the molecule is CCOCCOCC(NC(C)=O)C(=O)O. The second-order valence-corrected chi connectivity index (χ2v) is 2.86. The molecular weight excluding hydrogens is 202 g/mol. The van der Waals surface area contributed by atoms with Crippen LogP contribution in [-0.4, -0.2) is 49.5 Å². The quantitative estimate of drug-likeness (QED) is 0.544. The van der Waals surface area contributed by atoms with Gasteiger partial charge < -0.3 is 19.9 Å². The zero-order valence-electron chi connectivity index (χ0n) is 8.99. The molecule has 0 saturated carbocycles. The van der Waals surface area contributed by atoms with Gasteiger partial charge >= 0.3 is 5.97 Å². The smallest absolute Gasteiger partial charge is 0.328 e. The predicted molar refractivity (Wildman–Crippen MR) is 52.6 cm³/mol. The Bertz CT molecular complexity index is 207. The number of carbonyl (C=O) groups excluding carboxylic acids is 1. The van der Waals surface area contributed by atoms with Gasteiger partial charge in [-0.2, -0.15) is 0 Å². The second kappa shape index (κ2) is 8.19. The highest BCUT2D eigenvalue weighted by Crippen LogP contribution is 1.88. The fraction of sp³-hybridized carbons (Fsp3) is 0.778. The molecule has 88 valence electrons. The predicted octanol–water partition coefficient (Wildman–Crippen LogP) is -0.371. The van der Waals surface area contributed by atoms with Gasteiger partial charge in [0.1, 0.15) is 0 Å². The van der Waals surface area contributed by atoms with Crippen molar-refractivity contribution in [2.75, 3.05) is 26.4 Å². The monoisotopic (exact) mass is 219 g/mol. The first-order valence-electron chi connectivity index (χ1n) is 4.73. The summed E-state index contributed by atoms with van der Waals surface area (Å²) in [5, 5.41) is 11.0. The van der Waals surface area contributed by atoms with E-state index in [2.05, 4.69) is 5.32 Å². The average Bonchev–Trinajstić information content (AvgIpc) is 2.15. The van der Waals surface area contributed by atoms with Crippen LogP contribution < -0.4 is 5.32 Å². The summed E-state index contributed by atoms with van der Waals surface area (Å²) in [5.41, 5.74) is 0. The van der Waals surface area contributed by atoms with Crippen LogP contribution in [0.4, 0.5) is 0 Å². The topological polar surface area (TPSA) is 84.9 Å². The molecule has 0 aliphatic rings. The lowest BCUT2D eigenvalue weighted by Gasteiger charge is -2.13. The molecule has 15 heavy (non-hydrogen) atoms. The van der Waals surface area contributed by atoms with Crippen molar-refractivity contribution in [3.8, 4) is 0 Å². The number of rotatable bonds is 8. The lowest BCUT2D eigenvalue weighted by atomic mass is 10.3. The van der Waals surface area contributed by atoms with E-state index in [1.54, 1.807) is 0 Å². The lowest BCUT2D eigenvalue weighted by molar-refractivity contribution is -0.143. The number of carbonyl (C=O) groups is 2. The van der Waals surface area contributed by atoms with Crippen molar-refractivity contribution in [3.05, 3.63) is 0 Å². The van der Waals surface area contributed by atoms with Crippen LogP contribution in [0.2, 0.25) is 0 Å². The average molecular weight is 219 g/mol. The molecule has 0 spiro atoms. The lowest BCUT2D eigenvalue weighted by Crippen LogP contribution is -2.43. The van der Waals surface area contributed by atoms with Crippen LogP contribution in [0.3, 0.4) is 0 Å². The first-order valence-corrected chi connectivity index (χ1v) is 4.73. The van der Waals surface area contributed by atoms with Gasteiger partial charge in [-0.05, 0) is 6.92 Å². The molecule has 0 heterocycles. The minimum absolute atomic E-state index is 0.0536. The first kappa shape index (κ1) is 13.9. The summed E-state index contributed by atoms with van der Waals surface area (Å²) >= 11 is 0. The van der Waals surface area contributed by atoms with Crippen molar-refractivity contribution in [2.24, 2.45) is 0 Å². The van der Waals surface area contributed by atoms with Crippen LogP contribution in [-0.2, 0) is 19.1 Å². The number of ether oxygens (including phenoxy) is 2. The number of nitrogens with one attached hydrogen (secondary N) is 1. The minimum atomic E-state index is -1.11. The van der Waals surface area contributed by atoms with Gasteiger partial charge in [-0.25, -0.2) is 4.79 Å². The van der Waals surface area contributed by atoms with Crippen LogP contribution in [0.1, 0.15) is 13.8 Å². The van der Waals surface area contributed by atoms with Gasteiger partial charge in [-0.15, -0.1) is 0 Å². The van der Waals surface area contributed by atoms with Gasteiger partial charge in [0.25, 0.3) is 0 Å². The zero-order chi connectivity index (χ0) is 11.7. The normalized spacial score (nSPS) is 12.1. The van der Waals surface area contributed by atoms with Crippen LogP contribution in [0.25, 0.3) is 0 Å². The van der Waals surface area contributed by atoms with Crippen molar-refractivity contribution in [1.29, 1.82) is 0 Å². The molecule has 0 aromatic carbocycles. The molecule has 0 bridgehead atoms. The molecule has 2 N–H and O–H groups in total. The first-order chi connectivity index (χ1) is 7.07. The van der Waals surface area contributed by atoms with Gasteiger partial charge in [0.2, 0.25) is 5.91 Å². The summed E-state index contributed by atoms with van der Waals surface area (Å²) in [4.78, 5) is 21.3. The van der Waals surface area contributed by atoms with Gasteiger partial charge in [-0.3, -0.25) is 4.79 Å². The molecule has 1 amide bonds. The third kappa shape index (κ3) is 7.90. The molecule has 1 unspecified atom stereocenters. The van der Waals surface area contributed by atoms with E-state index in [9.17, 15) is 9.59 Å². The fourth-order valence-corrected chi connectivity index (χ4v) is 0.883. The van der Waals surface area contributed by atoms with Gasteiger partial charge in [0.15, 0.2) is 6.04 Å². The van der Waals surface area contributed by atoms with E-state index >= 15 is 0 Å². The Morgan fingerprint density at radius 1 is 1.33 bits per heavy atom. The third-order valence-electron chi connectivity index (χ3n) is 1.54. The van der Waals surface area contributed by atoms with Gasteiger partial charge in [-0.1, -0.05) is 0 Å². The molecule has 1 atom stereocenters. The Hall–Kier alpha value is -1.14. The van der Waals surface area contributed by atoms with Crippen molar-refractivity contribution in [2.45, 2.75) is 19.9 Å². The van der Waals surface area contributed by atoms with Gasteiger partial charge in [0.05, 0.1) is 19.8 Å². The van der Waals surface area contributed by atoms with E-state index in [4.69, 9.17) is 14.6 Å². The molecule has 0 aromatic rings. The van der Waals surface area contributed by atoms with E-state index in [1.165, 1.54) is 6.92 Å². The number of aliphatic carboxylic acids is 1. The highest BCUT2D eigenvalue weighted by Gasteiger charge is 2.17. The van der Waals surface area contributed by atoms with Crippen LogP contribution in [0, 0.1) is 0 Å². The summed E-state index contributed by atoms with van der Waals surface area (Å²) in [6.45, 7) is 4.40. The van der Waals surface area contributed by atoms with Gasteiger partial charge in [0, 0.05) is 13.5 Å². The Morgan fingerprint density at radius 3 is 2.40 bits per heavy atom. The molecule has 0 saturated heterocycles. The van der Waals surface area contributed by atoms with Crippen LogP contribution in [0.15, 0.2) is 0 Å². The van der Waals surface area contributed by atoms with E-state index in [0.29, 0.717) is 19.8 Å². The number of amides is 1. The largest absolute Gasteiger partial charge is 0.480 e. The molecular formula is C9H17NO5. The Morgan fingerprint density at radius 2 is 1.93 bits per heavy atom. The van der Waals surface area contributed by atoms with Crippen molar-refractivity contribution >= 4 is 11.9 Å². The highest BCUT2D eigenvalue weighted by molar-refractivity contribution is 5.82. The summed E-state index contributed by atoms with van der Waals surface area (Å²) in [6.07, 6.45) is 0. The number of carboxylic acids is 1.